The molecule has 3 aromatic carbocycles. The van der Waals surface area contributed by atoms with E-state index in [2.05, 4.69) is 19.2 Å². The van der Waals surface area contributed by atoms with E-state index in [9.17, 15) is 15.1 Å². The summed E-state index contributed by atoms with van der Waals surface area (Å²) >= 11 is 0. The first-order valence-corrected chi connectivity index (χ1v) is 13.6. The molecule has 4 unspecified atom stereocenters. The molecule has 7 heteroatoms. The Morgan fingerprint density at radius 1 is 1.21 bits per heavy atom. The normalized spacial score (nSPS) is 29.3. The lowest BCUT2D eigenvalue weighted by molar-refractivity contribution is -0.127. The molecule has 1 heterocycles. The average Bonchev–Trinajstić information content (AvgIpc) is 3.15. The summed E-state index contributed by atoms with van der Waals surface area (Å²) in [5.74, 6) is -0.0797. The summed E-state index contributed by atoms with van der Waals surface area (Å²) in [5, 5.41) is 38.5. The largest absolute Gasteiger partial charge is 0.627 e. The maximum atomic E-state index is 15.0. The molecule has 5 rings (SSSR count). The van der Waals surface area contributed by atoms with Crippen LogP contribution in [-0.4, -0.2) is 34.5 Å². The maximum Gasteiger partial charge on any atom is 0.279 e. The highest BCUT2D eigenvalue weighted by Crippen LogP contribution is 2.42. The van der Waals surface area contributed by atoms with Crippen molar-refractivity contribution < 1.29 is 9.90 Å². The van der Waals surface area contributed by atoms with Gasteiger partial charge in [0.1, 0.15) is 18.1 Å². The number of benzene rings is 3. The number of amides is 1. The highest BCUT2D eigenvalue weighted by atomic mass is 16.6. The minimum Gasteiger partial charge on any atom is -0.627 e. The Balaban J connectivity index is 1.52. The minimum absolute atomic E-state index is 0.101. The first kappa shape index (κ1) is 26.4. The SMILES string of the molecule is C[C@H]1CC(O)CCCC(C)(NC(=O)C2Cc3ccc(C(=N)N)cc3[N+]2([O-])Cc2cccc3ccccc23)C1. The van der Waals surface area contributed by atoms with Gasteiger partial charge in [0.15, 0.2) is 6.04 Å². The predicted octanol–water partition coefficient (Wildman–Crippen LogP) is 4.89. The van der Waals surface area contributed by atoms with E-state index in [1.165, 1.54) is 0 Å². The molecule has 5 N–H and O–H groups in total. The van der Waals surface area contributed by atoms with E-state index in [1.807, 2.05) is 48.5 Å². The standard InChI is InChI=1S/C31H38N4O3/c1-20-15-25(36)10-6-14-31(2,18-20)34-30(37)28-16-22-12-13-23(29(32)33)17-27(22)35(28,38)19-24-9-5-8-21-7-3-4-11-26(21)24/h3-5,7-9,11-13,17,20,25,28,36H,6,10,14-16,18-19H2,1-2H3,(H3,32,33)(H,34,37)/t20-,25?,28?,31?,35?/m0/s1. The number of fused-ring (bicyclic) bond motifs is 2. The predicted molar refractivity (Wildman–Crippen MR) is 153 cm³/mol. The maximum absolute atomic E-state index is 15.0. The van der Waals surface area contributed by atoms with Crippen LogP contribution in [0.2, 0.25) is 0 Å². The molecule has 2 aliphatic rings. The van der Waals surface area contributed by atoms with Gasteiger partial charge in [-0.25, -0.2) is 0 Å². The molecule has 1 amide bonds. The quantitative estimate of drug-likeness (QED) is 0.168. The molecule has 1 aliphatic carbocycles. The number of aliphatic hydroxyl groups is 1. The summed E-state index contributed by atoms with van der Waals surface area (Å²) in [5.41, 5.74) is 8.04. The number of nitrogens with zero attached hydrogens (tertiary/aromatic N) is 1. The second-order valence-electron chi connectivity index (χ2n) is 11.7. The zero-order valence-corrected chi connectivity index (χ0v) is 22.2. The molecule has 38 heavy (non-hydrogen) atoms. The zero-order chi connectivity index (χ0) is 27.1. The van der Waals surface area contributed by atoms with Gasteiger partial charge >= 0.3 is 0 Å². The van der Waals surface area contributed by atoms with Crippen molar-refractivity contribution in [2.45, 2.75) is 76.6 Å². The third-order valence-corrected chi connectivity index (χ3v) is 8.47. The Morgan fingerprint density at radius 3 is 2.76 bits per heavy atom. The van der Waals surface area contributed by atoms with E-state index in [0.29, 0.717) is 17.7 Å². The molecule has 200 valence electrons. The van der Waals surface area contributed by atoms with Crippen LogP contribution in [0.25, 0.3) is 10.8 Å². The molecule has 1 saturated carbocycles. The van der Waals surface area contributed by atoms with Crippen LogP contribution in [-0.2, 0) is 17.8 Å². The Morgan fingerprint density at radius 2 is 1.97 bits per heavy atom. The number of hydrogen-bond donors (Lipinski definition) is 4. The van der Waals surface area contributed by atoms with Gasteiger partial charge in [-0.05, 0) is 55.7 Å². The van der Waals surface area contributed by atoms with E-state index in [0.717, 1.165) is 54.0 Å². The number of amidine groups is 1. The van der Waals surface area contributed by atoms with E-state index >= 15 is 0 Å². The second-order valence-corrected chi connectivity index (χ2v) is 11.7. The van der Waals surface area contributed by atoms with Crippen LogP contribution in [0.1, 0.15) is 62.6 Å². The molecule has 0 saturated heterocycles. The summed E-state index contributed by atoms with van der Waals surface area (Å²) in [7, 11) is 0. The van der Waals surface area contributed by atoms with Crippen LogP contribution >= 0.6 is 0 Å². The lowest BCUT2D eigenvalue weighted by Gasteiger charge is -2.45. The van der Waals surface area contributed by atoms with Gasteiger partial charge in [-0.1, -0.05) is 61.5 Å². The van der Waals surface area contributed by atoms with E-state index in [1.54, 1.807) is 12.1 Å². The minimum atomic E-state index is -0.852. The molecule has 3 aromatic rings. The summed E-state index contributed by atoms with van der Waals surface area (Å²) in [6.07, 6.45) is 3.82. The molecule has 0 spiro atoms. The van der Waals surface area contributed by atoms with Crippen molar-refractivity contribution >= 4 is 28.2 Å². The molecule has 0 bridgehead atoms. The number of quaternary nitrogens is 1. The fourth-order valence-corrected chi connectivity index (χ4v) is 6.70. The van der Waals surface area contributed by atoms with Gasteiger partial charge in [0, 0.05) is 34.7 Å². The molecular formula is C31H38N4O3. The van der Waals surface area contributed by atoms with Gasteiger partial charge in [0.05, 0.1) is 6.10 Å². The Kier molecular flexibility index (Phi) is 7.03. The number of carbonyl (C=O) groups is 1. The van der Waals surface area contributed by atoms with Gasteiger partial charge in [0.2, 0.25) is 0 Å². The molecule has 0 aromatic heterocycles. The number of hydroxylamine groups is 2. The summed E-state index contributed by atoms with van der Waals surface area (Å²) < 4.78 is -0.819. The number of nitrogen functional groups attached to an aromatic ring is 1. The monoisotopic (exact) mass is 514 g/mol. The van der Waals surface area contributed by atoms with Crippen molar-refractivity contribution in [1.29, 1.82) is 5.41 Å². The lowest BCUT2D eigenvalue weighted by atomic mass is 9.79. The third kappa shape index (κ3) is 5.06. The fourth-order valence-electron chi connectivity index (χ4n) is 6.70. The van der Waals surface area contributed by atoms with Crippen molar-refractivity contribution in [3.63, 3.8) is 0 Å². The third-order valence-electron chi connectivity index (χ3n) is 8.47. The molecule has 0 radical (unpaired) electrons. The van der Waals surface area contributed by atoms with E-state index in [-0.39, 0.29) is 30.3 Å². The summed E-state index contributed by atoms with van der Waals surface area (Å²) in [4.78, 5) is 14.0. The second kappa shape index (κ2) is 10.1. The van der Waals surface area contributed by atoms with Crippen molar-refractivity contribution in [1.82, 2.24) is 9.96 Å². The summed E-state index contributed by atoms with van der Waals surface area (Å²) in [6, 6.07) is 18.4. The zero-order valence-electron chi connectivity index (χ0n) is 22.2. The van der Waals surface area contributed by atoms with E-state index < -0.39 is 16.2 Å². The average molecular weight is 515 g/mol. The van der Waals surface area contributed by atoms with Crippen LogP contribution in [0.4, 0.5) is 5.69 Å². The Labute approximate surface area is 224 Å². The van der Waals surface area contributed by atoms with Gasteiger partial charge in [-0.3, -0.25) is 10.2 Å². The molecule has 1 aliphatic heterocycles. The number of hydrogen-bond acceptors (Lipinski definition) is 4. The van der Waals surface area contributed by atoms with Crippen molar-refractivity contribution in [2.24, 2.45) is 11.7 Å². The Bertz CT molecular complexity index is 1370. The van der Waals surface area contributed by atoms with Gasteiger partial charge in [0.25, 0.3) is 5.91 Å². The van der Waals surface area contributed by atoms with Crippen LogP contribution in [0, 0.1) is 16.5 Å². The van der Waals surface area contributed by atoms with Gasteiger partial charge < -0.3 is 26.0 Å². The highest BCUT2D eigenvalue weighted by Gasteiger charge is 2.47. The number of carbonyl (C=O) groups excluding carboxylic acids is 1. The number of rotatable bonds is 5. The first-order valence-electron chi connectivity index (χ1n) is 13.6. The van der Waals surface area contributed by atoms with Crippen molar-refractivity contribution in [3.8, 4) is 0 Å². The van der Waals surface area contributed by atoms with Gasteiger partial charge in [-0.15, -0.1) is 0 Å². The van der Waals surface area contributed by atoms with Crippen molar-refractivity contribution in [2.75, 3.05) is 0 Å². The van der Waals surface area contributed by atoms with Crippen LogP contribution < -0.4 is 15.7 Å². The topological polar surface area (TPSA) is 122 Å². The van der Waals surface area contributed by atoms with Gasteiger partial charge in [-0.2, -0.15) is 0 Å². The molecular weight excluding hydrogens is 476 g/mol. The molecule has 5 atom stereocenters. The number of nitrogens with two attached hydrogens (primary N) is 1. The fraction of sp³-hybridized carbons (Fsp3) is 0.419. The first-order chi connectivity index (χ1) is 18.1. The van der Waals surface area contributed by atoms with Crippen LogP contribution in [0.15, 0.2) is 60.7 Å². The lowest BCUT2D eigenvalue weighted by Crippen LogP contribution is -2.60. The Hall–Kier alpha value is -3.26. The smallest absolute Gasteiger partial charge is 0.279 e. The van der Waals surface area contributed by atoms with Crippen LogP contribution in [0.3, 0.4) is 0 Å². The number of aliphatic hydroxyl groups excluding tert-OH is 1. The molecule has 1 fully saturated rings. The number of nitrogens with one attached hydrogen (secondary N) is 2. The summed E-state index contributed by atoms with van der Waals surface area (Å²) in [6.45, 7) is 4.29. The molecule has 7 nitrogen and oxygen atoms in total. The van der Waals surface area contributed by atoms with Crippen LogP contribution in [0.5, 0.6) is 0 Å². The van der Waals surface area contributed by atoms with Crippen molar-refractivity contribution in [3.05, 3.63) is 82.6 Å². The highest BCUT2D eigenvalue weighted by molar-refractivity contribution is 5.97. The van der Waals surface area contributed by atoms with E-state index in [4.69, 9.17) is 11.1 Å².